The fourth-order valence-electron chi connectivity index (χ4n) is 3.74. The third kappa shape index (κ3) is 8.47. The van der Waals surface area contributed by atoms with Crippen LogP contribution in [0.4, 0.5) is 34.1 Å². The number of halogens is 1. The van der Waals surface area contributed by atoms with Crippen molar-refractivity contribution in [2.75, 3.05) is 29.9 Å². The van der Waals surface area contributed by atoms with Crippen LogP contribution in [0, 0.1) is 20.2 Å². The van der Waals surface area contributed by atoms with Gasteiger partial charge in [0, 0.05) is 37.3 Å². The molecule has 1 amide bonds. The summed E-state index contributed by atoms with van der Waals surface area (Å²) in [5.74, 6) is -1.28. The molecule has 0 bridgehead atoms. The van der Waals surface area contributed by atoms with Gasteiger partial charge < -0.3 is 15.0 Å². The second-order valence-corrected chi connectivity index (χ2v) is 9.53. The van der Waals surface area contributed by atoms with Gasteiger partial charge in [-0.1, -0.05) is 30.3 Å². The number of ketones is 1. The van der Waals surface area contributed by atoms with Gasteiger partial charge in [0.05, 0.1) is 32.5 Å². The van der Waals surface area contributed by atoms with E-state index >= 15 is 0 Å². The van der Waals surface area contributed by atoms with Gasteiger partial charge in [-0.2, -0.15) is 0 Å². The summed E-state index contributed by atoms with van der Waals surface area (Å²) in [5, 5.41) is 33.2. The molecule has 1 N–H and O–H groups in total. The van der Waals surface area contributed by atoms with Crippen LogP contribution in [0.25, 0.3) is 0 Å². The molecule has 0 saturated heterocycles. The molecule has 14 nitrogen and oxygen atoms in total. The van der Waals surface area contributed by atoms with Crippen LogP contribution in [-0.2, 0) is 14.3 Å². The minimum Gasteiger partial charge on any atom is -0.457 e. The standard InChI is InChI=1S/C27H25BrN6O8/c1-3-32(12-11-26(37)42-16-25(36)18-7-5-4-6-8-18)19-9-10-22(23(14-19)29-17(2)35)30-31-27-21(28)13-20(33(38)39)15-24(27)34(40)41/h4-10,13-15H,3,11-12,16H2,1-2H3,(H,29,35)/b31-30+. The molecule has 0 saturated carbocycles. The average Bonchev–Trinajstić information content (AvgIpc) is 2.95. The number of nitrogens with zero attached hydrogens (tertiary/aromatic N) is 5. The maximum absolute atomic E-state index is 12.3. The van der Waals surface area contributed by atoms with Crippen LogP contribution in [-0.4, -0.2) is 47.2 Å². The van der Waals surface area contributed by atoms with Crippen molar-refractivity contribution < 1.29 is 29.0 Å². The molecule has 3 rings (SSSR count). The third-order valence-electron chi connectivity index (χ3n) is 5.78. The minimum absolute atomic E-state index is 0.00925. The molecule has 3 aromatic rings. The number of nitro benzene ring substituents is 2. The molecule has 0 aliphatic rings. The van der Waals surface area contributed by atoms with Crippen LogP contribution in [0.1, 0.15) is 30.6 Å². The molecule has 0 spiro atoms. The lowest BCUT2D eigenvalue weighted by atomic mass is 10.1. The van der Waals surface area contributed by atoms with E-state index in [1.807, 2.05) is 11.8 Å². The highest BCUT2D eigenvalue weighted by molar-refractivity contribution is 9.10. The van der Waals surface area contributed by atoms with Gasteiger partial charge in [0.15, 0.2) is 18.1 Å². The predicted molar refractivity (Wildman–Crippen MR) is 157 cm³/mol. The van der Waals surface area contributed by atoms with Crippen molar-refractivity contribution in [2.24, 2.45) is 10.2 Å². The summed E-state index contributed by atoms with van der Waals surface area (Å²) in [6.07, 6.45) is -0.00925. The molecule has 0 aromatic heterocycles. The number of azo groups is 1. The first-order valence-electron chi connectivity index (χ1n) is 12.4. The van der Waals surface area contributed by atoms with Gasteiger partial charge in [0.2, 0.25) is 5.91 Å². The van der Waals surface area contributed by atoms with Crippen molar-refractivity contribution in [3.63, 3.8) is 0 Å². The van der Waals surface area contributed by atoms with E-state index in [0.717, 1.165) is 12.1 Å². The highest BCUT2D eigenvalue weighted by atomic mass is 79.9. The molecule has 0 atom stereocenters. The first kappa shape index (κ1) is 31.5. The minimum atomic E-state index is -0.814. The Morgan fingerprint density at radius 3 is 2.33 bits per heavy atom. The molecule has 0 heterocycles. The number of esters is 1. The zero-order valence-corrected chi connectivity index (χ0v) is 24.1. The fourth-order valence-corrected chi connectivity index (χ4v) is 4.25. The number of non-ortho nitro benzene ring substituents is 1. The average molecular weight is 641 g/mol. The quantitative estimate of drug-likeness (QED) is 0.0736. The number of rotatable bonds is 13. The molecular weight excluding hydrogens is 616 g/mol. The van der Waals surface area contributed by atoms with Crippen molar-refractivity contribution in [3.05, 3.63) is 90.9 Å². The van der Waals surface area contributed by atoms with Gasteiger partial charge in [0.1, 0.15) is 5.69 Å². The maximum atomic E-state index is 12.3. The molecular formula is C27H25BrN6O8. The van der Waals surface area contributed by atoms with Crippen LogP contribution in [0.15, 0.2) is 75.4 Å². The Labute approximate surface area is 247 Å². The molecule has 15 heteroatoms. The van der Waals surface area contributed by atoms with Crippen molar-refractivity contribution in [1.29, 1.82) is 0 Å². The lowest BCUT2D eigenvalue weighted by Gasteiger charge is -2.23. The molecule has 0 radical (unpaired) electrons. The molecule has 0 unspecified atom stereocenters. The van der Waals surface area contributed by atoms with Crippen LogP contribution in [0.2, 0.25) is 0 Å². The first-order chi connectivity index (χ1) is 20.0. The van der Waals surface area contributed by atoms with Crippen LogP contribution < -0.4 is 10.2 Å². The van der Waals surface area contributed by atoms with Gasteiger partial charge in [-0.15, -0.1) is 10.2 Å². The number of hydrogen-bond donors (Lipinski definition) is 1. The highest BCUT2D eigenvalue weighted by Gasteiger charge is 2.24. The van der Waals surface area contributed by atoms with E-state index in [1.165, 1.54) is 13.0 Å². The molecule has 0 aliphatic heterocycles. The second-order valence-electron chi connectivity index (χ2n) is 8.67. The van der Waals surface area contributed by atoms with Crippen LogP contribution in [0.5, 0.6) is 0 Å². The number of anilines is 2. The van der Waals surface area contributed by atoms with Crippen molar-refractivity contribution >= 4 is 67.7 Å². The third-order valence-corrected chi connectivity index (χ3v) is 6.38. The number of benzene rings is 3. The number of nitro groups is 2. The summed E-state index contributed by atoms with van der Waals surface area (Å²) < 4.78 is 5.11. The van der Waals surface area contributed by atoms with E-state index in [-0.39, 0.29) is 46.9 Å². The number of Topliss-reactive ketones (excluding diaryl/α,β-unsaturated/α-hetero) is 1. The van der Waals surface area contributed by atoms with Gasteiger partial charge in [-0.3, -0.25) is 34.6 Å². The summed E-state index contributed by atoms with van der Waals surface area (Å²) in [4.78, 5) is 59.2. The van der Waals surface area contributed by atoms with Crippen molar-refractivity contribution in [1.82, 2.24) is 0 Å². The smallest absolute Gasteiger partial charge is 0.308 e. The molecule has 0 fully saturated rings. The summed E-state index contributed by atoms with van der Waals surface area (Å²) in [7, 11) is 0. The number of carbonyl (C=O) groups excluding carboxylic acids is 3. The van der Waals surface area contributed by atoms with Crippen LogP contribution in [0.3, 0.4) is 0 Å². The lowest BCUT2D eigenvalue weighted by molar-refractivity contribution is -0.393. The molecule has 42 heavy (non-hydrogen) atoms. The largest absolute Gasteiger partial charge is 0.457 e. The Bertz CT molecular complexity index is 1550. The van der Waals surface area contributed by atoms with E-state index in [1.54, 1.807) is 42.5 Å². The Balaban J connectivity index is 1.78. The maximum Gasteiger partial charge on any atom is 0.308 e. The zero-order chi connectivity index (χ0) is 30.8. The Morgan fingerprint density at radius 1 is 1.00 bits per heavy atom. The Kier molecular flexibility index (Phi) is 10.9. The lowest BCUT2D eigenvalue weighted by Crippen LogP contribution is -2.27. The summed E-state index contributed by atoms with van der Waals surface area (Å²) in [5.41, 5.74) is 0.0778. The van der Waals surface area contributed by atoms with E-state index in [4.69, 9.17) is 4.74 Å². The topological polar surface area (TPSA) is 187 Å². The highest BCUT2D eigenvalue weighted by Crippen LogP contribution is 2.40. The summed E-state index contributed by atoms with van der Waals surface area (Å²) in [6, 6.07) is 15.1. The monoisotopic (exact) mass is 640 g/mol. The number of hydrogen-bond acceptors (Lipinski definition) is 11. The van der Waals surface area contributed by atoms with Crippen molar-refractivity contribution in [2.45, 2.75) is 20.3 Å². The van der Waals surface area contributed by atoms with Gasteiger partial charge in [0.25, 0.3) is 5.69 Å². The summed E-state index contributed by atoms with van der Waals surface area (Å²) >= 11 is 3.07. The SMILES string of the molecule is CCN(CCC(=O)OCC(=O)c1ccccc1)c1ccc(/N=N/c2c(Br)cc([N+](=O)[O-])cc2[N+](=O)[O-])c(NC(C)=O)c1. The van der Waals surface area contributed by atoms with Crippen LogP contribution >= 0.6 is 15.9 Å². The first-order valence-corrected chi connectivity index (χ1v) is 13.2. The molecule has 0 aliphatic carbocycles. The van der Waals surface area contributed by atoms with E-state index in [0.29, 0.717) is 17.8 Å². The number of amides is 1. The van der Waals surface area contributed by atoms with Gasteiger partial charge >= 0.3 is 11.7 Å². The predicted octanol–water partition coefficient (Wildman–Crippen LogP) is 6.28. The van der Waals surface area contributed by atoms with E-state index in [2.05, 4.69) is 31.5 Å². The van der Waals surface area contributed by atoms with Crippen molar-refractivity contribution in [3.8, 4) is 0 Å². The zero-order valence-electron chi connectivity index (χ0n) is 22.5. The Hall–Kier alpha value is -5.05. The molecule has 3 aromatic carbocycles. The normalized spacial score (nSPS) is 10.7. The van der Waals surface area contributed by atoms with Gasteiger partial charge in [-0.25, -0.2) is 0 Å². The number of carbonyl (C=O) groups is 3. The van der Waals surface area contributed by atoms with E-state index < -0.39 is 33.1 Å². The second kappa shape index (κ2) is 14.5. The summed E-state index contributed by atoms with van der Waals surface area (Å²) in [6.45, 7) is 3.51. The van der Waals surface area contributed by atoms with Gasteiger partial charge in [-0.05, 0) is 41.1 Å². The van der Waals surface area contributed by atoms with E-state index in [9.17, 15) is 34.6 Å². The number of nitrogens with one attached hydrogen (secondary N) is 1. The Morgan fingerprint density at radius 2 is 1.71 bits per heavy atom. The molecule has 218 valence electrons. The fraction of sp³-hybridized carbons (Fsp3) is 0.222. The number of ether oxygens (including phenoxy) is 1.